The predicted octanol–water partition coefficient (Wildman–Crippen LogP) is 3.32. The van der Waals surface area contributed by atoms with Crippen molar-refractivity contribution in [3.8, 4) is 0 Å². The van der Waals surface area contributed by atoms with Crippen molar-refractivity contribution in [1.82, 2.24) is 16.0 Å². The van der Waals surface area contributed by atoms with Crippen molar-refractivity contribution in [2.24, 2.45) is 4.99 Å². The molecule has 0 aliphatic heterocycles. The number of unbranched alkanes of at least 4 members (excludes halogenated alkanes) is 1. The molecule has 0 unspecified atom stereocenters. The van der Waals surface area contributed by atoms with Gasteiger partial charge in [-0.3, -0.25) is 4.79 Å². The molecule has 1 amide bonds. The number of carbonyl (C=O) groups is 1. The molecule has 0 saturated heterocycles. The van der Waals surface area contributed by atoms with E-state index in [2.05, 4.69) is 27.9 Å². The first-order valence-corrected chi connectivity index (χ1v) is 9.68. The number of halogens is 1. The first-order valence-electron chi connectivity index (χ1n) is 9.68. The van der Waals surface area contributed by atoms with Crippen LogP contribution in [0, 0.1) is 0 Å². The summed E-state index contributed by atoms with van der Waals surface area (Å²) in [4.78, 5) is 16.4. The molecule has 0 heterocycles. The summed E-state index contributed by atoms with van der Waals surface area (Å²) in [5, 5.41) is 9.36. The fourth-order valence-corrected chi connectivity index (χ4v) is 2.27. The molecular weight excluding hydrogens is 455 g/mol. The lowest BCUT2D eigenvalue weighted by molar-refractivity contribution is 0.0956. The number of hydrogen-bond acceptors (Lipinski definition) is 3. The van der Waals surface area contributed by atoms with E-state index in [1.807, 2.05) is 38.1 Å². The van der Waals surface area contributed by atoms with Crippen LogP contribution in [0.2, 0.25) is 0 Å². The Labute approximate surface area is 181 Å². The van der Waals surface area contributed by atoms with Crippen LogP contribution in [0.1, 0.15) is 56.0 Å². The molecule has 0 aromatic heterocycles. The number of amides is 1. The van der Waals surface area contributed by atoms with Gasteiger partial charge in [0.15, 0.2) is 5.96 Å². The Balaban J connectivity index is 0.00000676. The fourth-order valence-electron chi connectivity index (χ4n) is 2.27. The van der Waals surface area contributed by atoms with Gasteiger partial charge in [0, 0.05) is 38.4 Å². The molecule has 1 aromatic rings. The van der Waals surface area contributed by atoms with Gasteiger partial charge in [-0.1, -0.05) is 25.5 Å². The lowest BCUT2D eigenvalue weighted by Gasteiger charge is -2.11. The quantitative estimate of drug-likeness (QED) is 0.182. The Kier molecular flexibility index (Phi) is 16.0. The number of guanidine groups is 1. The minimum absolute atomic E-state index is 0. The SMILES string of the molecule is CCCCOCCCNC(=NCc1ccc(C(=O)NCC)cc1)NCC.I. The number of hydrogen-bond donors (Lipinski definition) is 3. The van der Waals surface area contributed by atoms with Gasteiger partial charge in [-0.15, -0.1) is 24.0 Å². The molecule has 0 aliphatic rings. The van der Waals surface area contributed by atoms with Crippen molar-refractivity contribution < 1.29 is 9.53 Å². The third-order valence-corrected chi connectivity index (χ3v) is 3.72. The van der Waals surface area contributed by atoms with E-state index in [9.17, 15) is 4.79 Å². The summed E-state index contributed by atoms with van der Waals surface area (Å²) in [5.74, 6) is 0.757. The summed E-state index contributed by atoms with van der Waals surface area (Å²) >= 11 is 0. The van der Waals surface area contributed by atoms with Gasteiger partial charge in [0.1, 0.15) is 0 Å². The Hall–Kier alpha value is -1.35. The average molecular weight is 490 g/mol. The highest BCUT2D eigenvalue weighted by Gasteiger charge is 2.03. The standard InChI is InChI=1S/C20H34N4O2.HI/c1-4-7-14-26-15-8-13-23-20(22-6-3)24-16-17-9-11-18(12-10-17)19(25)21-5-2;/h9-12H,4-8,13-16H2,1-3H3,(H,21,25)(H2,22,23,24);1H. The maximum atomic E-state index is 11.8. The first kappa shape index (κ1) is 25.6. The molecule has 0 aliphatic carbocycles. The van der Waals surface area contributed by atoms with Crippen LogP contribution < -0.4 is 16.0 Å². The number of benzene rings is 1. The zero-order valence-electron chi connectivity index (χ0n) is 16.8. The highest BCUT2D eigenvalue weighted by molar-refractivity contribution is 14.0. The Morgan fingerprint density at radius 1 is 0.963 bits per heavy atom. The number of rotatable bonds is 12. The van der Waals surface area contributed by atoms with Crippen LogP contribution in [0.3, 0.4) is 0 Å². The highest BCUT2D eigenvalue weighted by atomic mass is 127. The van der Waals surface area contributed by atoms with E-state index >= 15 is 0 Å². The Bertz CT molecular complexity index is 535. The van der Waals surface area contributed by atoms with Gasteiger partial charge in [-0.05, 0) is 44.4 Å². The second-order valence-electron chi connectivity index (χ2n) is 6.00. The smallest absolute Gasteiger partial charge is 0.251 e. The van der Waals surface area contributed by atoms with E-state index in [4.69, 9.17) is 4.74 Å². The summed E-state index contributed by atoms with van der Waals surface area (Å²) in [6.45, 7) is 10.6. The molecule has 154 valence electrons. The van der Waals surface area contributed by atoms with E-state index in [1.54, 1.807) is 0 Å². The molecule has 0 fully saturated rings. The Morgan fingerprint density at radius 2 is 1.63 bits per heavy atom. The zero-order valence-corrected chi connectivity index (χ0v) is 19.2. The summed E-state index contributed by atoms with van der Waals surface area (Å²) in [6, 6.07) is 7.56. The van der Waals surface area contributed by atoms with Gasteiger partial charge in [0.25, 0.3) is 5.91 Å². The van der Waals surface area contributed by atoms with Crippen molar-refractivity contribution >= 4 is 35.8 Å². The molecule has 6 nitrogen and oxygen atoms in total. The number of aliphatic imine (C=N–C) groups is 1. The topological polar surface area (TPSA) is 74.8 Å². The normalized spacial score (nSPS) is 10.9. The minimum atomic E-state index is -0.0429. The summed E-state index contributed by atoms with van der Waals surface area (Å²) in [7, 11) is 0. The lowest BCUT2D eigenvalue weighted by Crippen LogP contribution is -2.38. The van der Waals surface area contributed by atoms with Crippen molar-refractivity contribution in [2.75, 3.05) is 32.8 Å². The van der Waals surface area contributed by atoms with Crippen molar-refractivity contribution in [3.63, 3.8) is 0 Å². The fraction of sp³-hybridized carbons (Fsp3) is 0.600. The third kappa shape index (κ3) is 11.9. The zero-order chi connectivity index (χ0) is 19.0. The lowest BCUT2D eigenvalue weighted by atomic mass is 10.1. The van der Waals surface area contributed by atoms with Gasteiger partial charge in [-0.2, -0.15) is 0 Å². The van der Waals surface area contributed by atoms with Gasteiger partial charge < -0.3 is 20.7 Å². The average Bonchev–Trinajstić information content (AvgIpc) is 2.66. The van der Waals surface area contributed by atoms with E-state index < -0.39 is 0 Å². The van der Waals surface area contributed by atoms with Crippen LogP contribution in [-0.2, 0) is 11.3 Å². The van der Waals surface area contributed by atoms with Gasteiger partial charge >= 0.3 is 0 Å². The van der Waals surface area contributed by atoms with Crippen LogP contribution >= 0.6 is 24.0 Å². The molecule has 0 atom stereocenters. The van der Waals surface area contributed by atoms with Gasteiger partial charge in [0.05, 0.1) is 6.54 Å². The van der Waals surface area contributed by atoms with Crippen LogP contribution in [0.5, 0.6) is 0 Å². The molecule has 7 heteroatoms. The number of carbonyl (C=O) groups excluding carboxylic acids is 1. The van der Waals surface area contributed by atoms with Crippen LogP contribution in [-0.4, -0.2) is 44.7 Å². The number of ether oxygens (including phenoxy) is 1. The summed E-state index contributed by atoms with van der Waals surface area (Å²) < 4.78 is 5.56. The van der Waals surface area contributed by atoms with E-state index in [-0.39, 0.29) is 29.9 Å². The molecular formula is C20H35IN4O2. The van der Waals surface area contributed by atoms with Crippen molar-refractivity contribution in [3.05, 3.63) is 35.4 Å². The largest absolute Gasteiger partial charge is 0.381 e. The molecule has 0 saturated carbocycles. The first-order chi connectivity index (χ1) is 12.7. The molecule has 27 heavy (non-hydrogen) atoms. The van der Waals surface area contributed by atoms with E-state index in [0.29, 0.717) is 18.7 Å². The molecule has 1 aromatic carbocycles. The summed E-state index contributed by atoms with van der Waals surface area (Å²) in [5.41, 5.74) is 1.74. The number of nitrogens with one attached hydrogen (secondary N) is 3. The monoisotopic (exact) mass is 490 g/mol. The van der Waals surface area contributed by atoms with E-state index in [0.717, 1.165) is 50.7 Å². The highest BCUT2D eigenvalue weighted by Crippen LogP contribution is 2.05. The van der Waals surface area contributed by atoms with Crippen molar-refractivity contribution in [1.29, 1.82) is 0 Å². The van der Waals surface area contributed by atoms with Gasteiger partial charge in [-0.25, -0.2) is 4.99 Å². The molecule has 0 radical (unpaired) electrons. The maximum absolute atomic E-state index is 11.8. The molecule has 0 bridgehead atoms. The van der Waals surface area contributed by atoms with Gasteiger partial charge in [0.2, 0.25) is 0 Å². The van der Waals surface area contributed by atoms with Crippen molar-refractivity contribution in [2.45, 2.75) is 46.6 Å². The minimum Gasteiger partial charge on any atom is -0.381 e. The van der Waals surface area contributed by atoms with Crippen LogP contribution in [0.15, 0.2) is 29.3 Å². The predicted molar refractivity (Wildman–Crippen MR) is 123 cm³/mol. The molecule has 3 N–H and O–H groups in total. The summed E-state index contributed by atoms with van der Waals surface area (Å²) in [6.07, 6.45) is 3.24. The Morgan fingerprint density at radius 3 is 2.26 bits per heavy atom. The number of nitrogens with zero attached hydrogens (tertiary/aromatic N) is 1. The van der Waals surface area contributed by atoms with Crippen LogP contribution in [0.4, 0.5) is 0 Å². The van der Waals surface area contributed by atoms with Crippen LogP contribution in [0.25, 0.3) is 0 Å². The third-order valence-electron chi connectivity index (χ3n) is 3.72. The maximum Gasteiger partial charge on any atom is 0.251 e. The second kappa shape index (κ2) is 16.8. The van der Waals surface area contributed by atoms with E-state index in [1.165, 1.54) is 6.42 Å². The molecule has 0 spiro atoms. The molecule has 1 rings (SSSR count). The second-order valence-corrected chi connectivity index (χ2v) is 6.00.